The molecule has 0 aromatic carbocycles. The Morgan fingerprint density at radius 2 is 2.20 bits per heavy atom. The maximum Gasteiger partial charge on any atom is 0.313 e. The van der Waals surface area contributed by atoms with Gasteiger partial charge in [0.1, 0.15) is 0 Å². The van der Waals surface area contributed by atoms with Crippen LogP contribution in [0.2, 0.25) is 0 Å². The zero-order valence-corrected chi connectivity index (χ0v) is 12.1. The number of nitrogens with zero attached hydrogens (tertiary/aromatic N) is 2. The van der Waals surface area contributed by atoms with Gasteiger partial charge in [-0.2, -0.15) is 4.98 Å². The molecule has 0 fully saturated rings. The fourth-order valence-electron chi connectivity index (χ4n) is 1.44. The SMILES string of the molecule is CC(C)NC(=O)CCn1ccc(=O)nc1SCC(=O)O. The van der Waals surface area contributed by atoms with E-state index >= 15 is 0 Å². The lowest BCUT2D eigenvalue weighted by Crippen LogP contribution is -2.31. The van der Waals surface area contributed by atoms with Gasteiger partial charge in [0.15, 0.2) is 5.16 Å². The third kappa shape index (κ3) is 5.87. The van der Waals surface area contributed by atoms with Crippen LogP contribution in [-0.4, -0.2) is 38.3 Å². The van der Waals surface area contributed by atoms with Gasteiger partial charge in [0, 0.05) is 31.3 Å². The summed E-state index contributed by atoms with van der Waals surface area (Å²) in [4.78, 5) is 37.1. The summed E-state index contributed by atoms with van der Waals surface area (Å²) in [6, 6.07) is 1.35. The van der Waals surface area contributed by atoms with Crippen LogP contribution < -0.4 is 10.9 Å². The first-order valence-corrected chi connectivity index (χ1v) is 7.08. The Hall–Kier alpha value is -1.83. The highest BCUT2D eigenvalue weighted by Crippen LogP contribution is 2.13. The van der Waals surface area contributed by atoms with Gasteiger partial charge in [-0.25, -0.2) is 0 Å². The summed E-state index contributed by atoms with van der Waals surface area (Å²) < 4.78 is 1.61. The molecule has 8 heteroatoms. The van der Waals surface area contributed by atoms with E-state index in [4.69, 9.17) is 5.11 Å². The minimum atomic E-state index is -0.989. The Kier molecular flexibility index (Phi) is 6.23. The van der Waals surface area contributed by atoms with Crippen molar-refractivity contribution in [2.45, 2.75) is 38.0 Å². The molecule has 0 saturated carbocycles. The Morgan fingerprint density at radius 1 is 1.50 bits per heavy atom. The van der Waals surface area contributed by atoms with Crippen LogP contribution in [0.4, 0.5) is 0 Å². The van der Waals surface area contributed by atoms with Crippen LogP contribution in [0.15, 0.2) is 22.2 Å². The highest BCUT2D eigenvalue weighted by atomic mass is 32.2. The van der Waals surface area contributed by atoms with Gasteiger partial charge in [0.05, 0.1) is 5.75 Å². The third-order valence-electron chi connectivity index (χ3n) is 2.20. The van der Waals surface area contributed by atoms with Gasteiger partial charge >= 0.3 is 5.97 Å². The molecule has 1 aromatic heterocycles. The van der Waals surface area contributed by atoms with Gasteiger partial charge in [-0.15, -0.1) is 0 Å². The van der Waals surface area contributed by atoms with Gasteiger partial charge < -0.3 is 15.0 Å². The fraction of sp³-hybridized carbons (Fsp3) is 0.500. The molecule has 0 aliphatic carbocycles. The van der Waals surface area contributed by atoms with E-state index < -0.39 is 11.5 Å². The summed E-state index contributed by atoms with van der Waals surface area (Å²) in [6.45, 7) is 4.08. The van der Waals surface area contributed by atoms with E-state index in [1.807, 2.05) is 13.8 Å². The largest absolute Gasteiger partial charge is 0.481 e. The van der Waals surface area contributed by atoms with Crippen molar-refractivity contribution in [2.24, 2.45) is 0 Å². The van der Waals surface area contributed by atoms with Crippen LogP contribution >= 0.6 is 11.8 Å². The highest BCUT2D eigenvalue weighted by molar-refractivity contribution is 7.99. The minimum Gasteiger partial charge on any atom is -0.481 e. The number of thioether (sulfide) groups is 1. The number of carbonyl (C=O) groups is 2. The molecule has 0 radical (unpaired) electrons. The average molecular weight is 299 g/mol. The van der Waals surface area contributed by atoms with Crippen molar-refractivity contribution >= 4 is 23.6 Å². The molecule has 20 heavy (non-hydrogen) atoms. The summed E-state index contributed by atoms with van der Waals surface area (Å²) in [5.41, 5.74) is -0.430. The van der Waals surface area contributed by atoms with Crippen molar-refractivity contribution in [1.29, 1.82) is 0 Å². The van der Waals surface area contributed by atoms with Crippen molar-refractivity contribution in [2.75, 3.05) is 5.75 Å². The van der Waals surface area contributed by atoms with Crippen molar-refractivity contribution in [3.63, 3.8) is 0 Å². The summed E-state index contributed by atoms with van der Waals surface area (Å²) in [7, 11) is 0. The van der Waals surface area contributed by atoms with Gasteiger partial charge in [0.2, 0.25) is 5.91 Å². The molecule has 1 amide bonds. The molecule has 7 nitrogen and oxygen atoms in total. The maximum absolute atomic E-state index is 11.6. The zero-order valence-electron chi connectivity index (χ0n) is 11.3. The van der Waals surface area contributed by atoms with Crippen molar-refractivity contribution in [3.05, 3.63) is 22.6 Å². The zero-order chi connectivity index (χ0) is 15.1. The number of carboxylic acid groups (broad SMARTS) is 1. The molecule has 1 aromatic rings. The van der Waals surface area contributed by atoms with Gasteiger partial charge in [-0.3, -0.25) is 14.4 Å². The molecule has 0 aliphatic rings. The quantitative estimate of drug-likeness (QED) is 0.556. The first-order chi connectivity index (χ1) is 9.38. The summed E-state index contributed by atoms with van der Waals surface area (Å²) in [5, 5.41) is 11.7. The minimum absolute atomic E-state index is 0.0653. The second-order valence-corrected chi connectivity index (χ2v) is 5.34. The van der Waals surface area contributed by atoms with E-state index in [1.54, 1.807) is 4.57 Å². The molecular formula is C12H17N3O4S. The molecular weight excluding hydrogens is 282 g/mol. The average Bonchev–Trinajstić information content (AvgIpc) is 2.34. The molecule has 0 spiro atoms. The number of carbonyl (C=O) groups excluding carboxylic acids is 1. The number of rotatable bonds is 7. The molecule has 0 saturated heterocycles. The van der Waals surface area contributed by atoms with Crippen LogP contribution in [0.3, 0.4) is 0 Å². The van der Waals surface area contributed by atoms with E-state index in [1.165, 1.54) is 12.3 Å². The van der Waals surface area contributed by atoms with Crippen LogP contribution in [-0.2, 0) is 16.1 Å². The number of aliphatic carboxylic acids is 1. The third-order valence-corrected chi connectivity index (χ3v) is 3.18. The molecule has 0 bridgehead atoms. The number of amides is 1. The topological polar surface area (TPSA) is 101 Å². The van der Waals surface area contributed by atoms with Crippen molar-refractivity contribution < 1.29 is 14.7 Å². The first-order valence-electron chi connectivity index (χ1n) is 6.10. The Bertz CT molecular complexity index is 542. The number of aryl methyl sites for hydroxylation is 1. The standard InChI is InChI=1S/C12H17N3O4S/c1-8(2)13-9(16)3-5-15-6-4-10(17)14-12(15)20-7-11(18)19/h4,6,8H,3,5,7H2,1-2H3,(H,13,16)(H,18,19). The first kappa shape index (κ1) is 16.2. The second-order valence-electron chi connectivity index (χ2n) is 4.40. The van der Waals surface area contributed by atoms with E-state index in [9.17, 15) is 14.4 Å². The predicted molar refractivity (Wildman–Crippen MR) is 74.8 cm³/mol. The summed E-state index contributed by atoms with van der Waals surface area (Å²) in [5.74, 6) is -1.28. The van der Waals surface area contributed by atoms with E-state index in [0.717, 1.165) is 11.8 Å². The maximum atomic E-state index is 11.6. The van der Waals surface area contributed by atoms with Crippen LogP contribution in [0.25, 0.3) is 0 Å². The smallest absolute Gasteiger partial charge is 0.313 e. The van der Waals surface area contributed by atoms with Crippen LogP contribution in [0.1, 0.15) is 20.3 Å². The second kappa shape index (κ2) is 7.68. The van der Waals surface area contributed by atoms with Gasteiger partial charge in [-0.1, -0.05) is 11.8 Å². The highest BCUT2D eigenvalue weighted by Gasteiger charge is 2.09. The van der Waals surface area contributed by atoms with E-state index in [-0.39, 0.29) is 24.1 Å². The number of nitrogens with one attached hydrogen (secondary N) is 1. The lowest BCUT2D eigenvalue weighted by Gasteiger charge is -2.12. The summed E-state index contributed by atoms with van der Waals surface area (Å²) >= 11 is 0.955. The normalized spacial score (nSPS) is 10.6. The molecule has 0 aliphatic heterocycles. The molecule has 2 N–H and O–H groups in total. The fourth-order valence-corrected chi connectivity index (χ4v) is 2.17. The van der Waals surface area contributed by atoms with Crippen molar-refractivity contribution in [3.8, 4) is 0 Å². The van der Waals surface area contributed by atoms with Crippen LogP contribution in [0.5, 0.6) is 0 Å². The van der Waals surface area contributed by atoms with Gasteiger partial charge in [-0.05, 0) is 13.8 Å². The Morgan fingerprint density at radius 3 is 2.80 bits per heavy atom. The molecule has 1 rings (SSSR count). The number of hydrogen-bond acceptors (Lipinski definition) is 5. The Balaban J connectivity index is 2.71. The molecule has 1 heterocycles. The number of carboxylic acids is 1. The number of hydrogen-bond donors (Lipinski definition) is 2. The van der Waals surface area contributed by atoms with E-state index in [2.05, 4.69) is 10.3 Å². The van der Waals surface area contributed by atoms with E-state index in [0.29, 0.717) is 11.7 Å². The van der Waals surface area contributed by atoms with Gasteiger partial charge in [0.25, 0.3) is 5.56 Å². The molecule has 0 unspecified atom stereocenters. The van der Waals surface area contributed by atoms with Crippen LogP contribution in [0, 0.1) is 0 Å². The lowest BCUT2D eigenvalue weighted by molar-refractivity contribution is -0.134. The lowest BCUT2D eigenvalue weighted by atomic mass is 10.3. The molecule has 110 valence electrons. The monoisotopic (exact) mass is 299 g/mol. The summed E-state index contributed by atoms with van der Waals surface area (Å²) in [6.07, 6.45) is 1.76. The Labute approximate surface area is 120 Å². The van der Waals surface area contributed by atoms with Crippen molar-refractivity contribution in [1.82, 2.24) is 14.9 Å². The predicted octanol–water partition coefficient (Wildman–Crippen LogP) is 0.335. The number of aromatic nitrogens is 2. The molecule has 0 atom stereocenters.